The fourth-order valence-electron chi connectivity index (χ4n) is 4.38. The van der Waals surface area contributed by atoms with Crippen LogP contribution < -0.4 is 4.74 Å². The predicted octanol–water partition coefficient (Wildman–Crippen LogP) is 5.24. The second kappa shape index (κ2) is 8.74. The Labute approximate surface area is 192 Å². The Bertz CT molecular complexity index is 1270. The molecule has 5 rings (SSSR count). The number of nitrogens with zero attached hydrogens (tertiary/aromatic N) is 5. The van der Waals surface area contributed by atoms with E-state index in [9.17, 15) is 4.39 Å². The lowest BCUT2D eigenvalue weighted by molar-refractivity contribution is 0.413. The van der Waals surface area contributed by atoms with Crippen LogP contribution in [0, 0.1) is 19.7 Å². The minimum atomic E-state index is -0.209. The number of methoxy groups -OCH3 is 1. The van der Waals surface area contributed by atoms with Gasteiger partial charge in [-0.2, -0.15) is 5.10 Å². The third-order valence-corrected chi connectivity index (χ3v) is 5.91. The molecule has 0 spiro atoms. The zero-order valence-electron chi connectivity index (χ0n) is 18.2. The number of hydrogen-bond donors (Lipinski definition) is 0. The molecule has 0 N–H and O–H groups in total. The number of aromatic nitrogens is 5. The van der Waals surface area contributed by atoms with Gasteiger partial charge in [0.15, 0.2) is 5.82 Å². The number of halogens is 2. The summed E-state index contributed by atoms with van der Waals surface area (Å²) in [5.74, 6) is 2.25. The van der Waals surface area contributed by atoms with Crippen molar-refractivity contribution < 1.29 is 9.13 Å². The van der Waals surface area contributed by atoms with Gasteiger partial charge < -0.3 is 9.30 Å². The van der Waals surface area contributed by atoms with Gasteiger partial charge >= 0.3 is 0 Å². The molecule has 2 aromatic heterocycles. The highest BCUT2D eigenvalue weighted by Gasteiger charge is 2.27. The van der Waals surface area contributed by atoms with Gasteiger partial charge in [-0.25, -0.2) is 19.0 Å². The summed E-state index contributed by atoms with van der Waals surface area (Å²) >= 11 is 0. The average molecular weight is 454 g/mol. The van der Waals surface area contributed by atoms with Crippen molar-refractivity contribution in [1.82, 2.24) is 24.3 Å². The van der Waals surface area contributed by atoms with E-state index in [1.54, 1.807) is 19.5 Å². The summed E-state index contributed by atoms with van der Waals surface area (Å²) in [7, 11) is 1.66. The van der Waals surface area contributed by atoms with Crippen LogP contribution >= 0.6 is 12.4 Å². The summed E-state index contributed by atoms with van der Waals surface area (Å²) < 4.78 is 23.2. The molecular formula is C24H25ClFN5O. The van der Waals surface area contributed by atoms with E-state index in [0.717, 1.165) is 59.0 Å². The molecule has 1 aliphatic heterocycles. The maximum Gasteiger partial charge on any atom is 0.181 e. The van der Waals surface area contributed by atoms with Crippen molar-refractivity contribution in [3.05, 3.63) is 77.4 Å². The number of rotatable bonds is 4. The maximum atomic E-state index is 13.6. The first-order valence-electron chi connectivity index (χ1n) is 10.4. The van der Waals surface area contributed by atoms with Crippen LogP contribution in [0.15, 0.2) is 48.9 Å². The number of hydrogen-bond acceptors (Lipinski definition) is 4. The molecule has 0 saturated heterocycles. The summed E-state index contributed by atoms with van der Waals surface area (Å²) in [6, 6.07) is 11.0. The topological polar surface area (TPSA) is 57.8 Å². The van der Waals surface area contributed by atoms with Crippen LogP contribution in [0.4, 0.5) is 4.39 Å². The highest BCUT2D eigenvalue weighted by molar-refractivity contribution is 5.85. The Morgan fingerprint density at radius 3 is 2.69 bits per heavy atom. The van der Waals surface area contributed by atoms with Gasteiger partial charge in [-0.1, -0.05) is 6.07 Å². The Balaban J connectivity index is 0.00000245. The van der Waals surface area contributed by atoms with E-state index < -0.39 is 0 Å². The van der Waals surface area contributed by atoms with Crippen LogP contribution in [0.5, 0.6) is 5.75 Å². The number of benzene rings is 2. The minimum Gasteiger partial charge on any atom is -0.495 e. The first-order valence-corrected chi connectivity index (χ1v) is 10.4. The number of aryl methyl sites for hydroxylation is 3. The van der Waals surface area contributed by atoms with Crippen molar-refractivity contribution >= 4 is 12.4 Å². The molecule has 32 heavy (non-hydrogen) atoms. The van der Waals surface area contributed by atoms with Crippen LogP contribution in [-0.4, -0.2) is 31.4 Å². The molecule has 0 aliphatic carbocycles. The number of fused-ring (bicyclic) bond motifs is 1. The van der Waals surface area contributed by atoms with Crippen molar-refractivity contribution in [3.63, 3.8) is 0 Å². The second-order valence-electron chi connectivity index (χ2n) is 8.02. The van der Waals surface area contributed by atoms with Crippen molar-refractivity contribution in [2.24, 2.45) is 0 Å². The van der Waals surface area contributed by atoms with Gasteiger partial charge in [-0.05, 0) is 68.1 Å². The fraction of sp³-hybridized carbons (Fsp3) is 0.292. The van der Waals surface area contributed by atoms with Gasteiger partial charge in [0.05, 0.1) is 24.8 Å². The lowest BCUT2D eigenvalue weighted by Gasteiger charge is -2.23. The van der Waals surface area contributed by atoms with Gasteiger partial charge in [0.2, 0.25) is 0 Å². The highest BCUT2D eigenvalue weighted by atomic mass is 35.5. The van der Waals surface area contributed by atoms with E-state index in [1.807, 2.05) is 53.6 Å². The molecule has 1 aliphatic rings. The minimum absolute atomic E-state index is 0. The molecule has 166 valence electrons. The standard InChI is InChI=1S/C24H24FN5O.ClH/c1-15-11-18(25)7-8-19(15)20-5-4-10-30-24(20)27-23(28-30)17-6-9-21(22(12-17)31-3)29-13-16(2)26-14-29;/h6-9,11-14,20H,4-5,10H2,1-3H3;1H/t20-;/m0./s1. The highest BCUT2D eigenvalue weighted by Crippen LogP contribution is 2.36. The van der Waals surface area contributed by atoms with E-state index in [4.69, 9.17) is 14.8 Å². The first-order chi connectivity index (χ1) is 15.0. The van der Waals surface area contributed by atoms with E-state index in [0.29, 0.717) is 5.82 Å². The molecule has 0 bridgehead atoms. The number of ether oxygens (including phenoxy) is 1. The number of imidazole rings is 1. The predicted molar refractivity (Wildman–Crippen MR) is 123 cm³/mol. The molecule has 1 atom stereocenters. The first kappa shape index (κ1) is 22.0. The smallest absolute Gasteiger partial charge is 0.181 e. The molecule has 4 aromatic rings. The van der Waals surface area contributed by atoms with Crippen molar-refractivity contribution in [1.29, 1.82) is 0 Å². The van der Waals surface area contributed by atoms with Crippen LogP contribution in [0.25, 0.3) is 17.1 Å². The van der Waals surface area contributed by atoms with Crippen LogP contribution in [0.1, 0.15) is 41.4 Å². The summed E-state index contributed by atoms with van der Waals surface area (Å²) in [4.78, 5) is 9.21. The van der Waals surface area contributed by atoms with E-state index in [-0.39, 0.29) is 24.1 Å². The maximum absolute atomic E-state index is 13.6. The van der Waals surface area contributed by atoms with Gasteiger partial charge in [0.25, 0.3) is 0 Å². The SMILES string of the molecule is COc1cc(-c2nc3n(n2)CCC[C@H]3c2ccc(F)cc2C)ccc1-n1cnc(C)c1.Cl. The van der Waals surface area contributed by atoms with Crippen molar-refractivity contribution in [2.75, 3.05) is 7.11 Å². The third kappa shape index (κ3) is 3.88. The molecule has 0 amide bonds. The van der Waals surface area contributed by atoms with E-state index in [1.165, 1.54) is 6.07 Å². The molecule has 2 aromatic carbocycles. The lowest BCUT2D eigenvalue weighted by Crippen LogP contribution is -2.18. The van der Waals surface area contributed by atoms with Gasteiger partial charge in [-0.3, -0.25) is 0 Å². The zero-order chi connectivity index (χ0) is 21.5. The molecule has 0 radical (unpaired) electrons. The molecule has 6 nitrogen and oxygen atoms in total. The van der Waals surface area contributed by atoms with Crippen molar-refractivity contribution in [2.45, 2.75) is 39.2 Å². The quantitative estimate of drug-likeness (QED) is 0.424. The van der Waals surface area contributed by atoms with Crippen LogP contribution in [0.3, 0.4) is 0 Å². The van der Waals surface area contributed by atoms with Gasteiger partial charge in [0, 0.05) is 24.2 Å². The van der Waals surface area contributed by atoms with Crippen molar-refractivity contribution in [3.8, 4) is 22.8 Å². The van der Waals surface area contributed by atoms with Gasteiger partial charge in [-0.15, -0.1) is 12.4 Å². The Morgan fingerprint density at radius 1 is 1.12 bits per heavy atom. The molecule has 3 heterocycles. The Kier molecular flexibility index (Phi) is 6.02. The Morgan fingerprint density at radius 2 is 1.97 bits per heavy atom. The summed E-state index contributed by atoms with van der Waals surface area (Å²) in [6.07, 6.45) is 5.73. The monoisotopic (exact) mass is 453 g/mol. The molecule has 0 saturated carbocycles. The average Bonchev–Trinajstić information content (AvgIpc) is 3.39. The van der Waals surface area contributed by atoms with Crippen LogP contribution in [-0.2, 0) is 6.54 Å². The van der Waals surface area contributed by atoms with Crippen LogP contribution in [0.2, 0.25) is 0 Å². The summed E-state index contributed by atoms with van der Waals surface area (Å²) in [6.45, 7) is 4.74. The van der Waals surface area contributed by atoms with E-state index in [2.05, 4.69) is 4.98 Å². The summed E-state index contributed by atoms with van der Waals surface area (Å²) in [5, 5.41) is 4.78. The van der Waals surface area contributed by atoms with E-state index >= 15 is 0 Å². The molecule has 0 fully saturated rings. The third-order valence-electron chi connectivity index (χ3n) is 5.91. The molecule has 0 unspecified atom stereocenters. The summed E-state index contributed by atoms with van der Waals surface area (Å²) in [5.41, 5.74) is 4.82. The normalized spacial score (nSPS) is 15.2. The van der Waals surface area contributed by atoms with Gasteiger partial charge in [0.1, 0.15) is 17.4 Å². The molecule has 8 heteroatoms. The molecular weight excluding hydrogens is 429 g/mol. The zero-order valence-corrected chi connectivity index (χ0v) is 19.1. The fourth-order valence-corrected chi connectivity index (χ4v) is 4.38. The largest absolute Gasteiger partial charge is 0.495 e. The lowest BCUT2D eigenvalue weighted by atomic mass is 9.88. The Hall–Kier alpha value is -3.19. The second-order valence-corrected chi connectivity index (χ2v) is 8.02.